The number of piperidine rings is 1. The van der Waals surface area contributed by atoms with Crippen molar-refractivity contribution in [2.75, 3.05) is 25.0 Å². The molecule has 176 valence electrons. The lowest BCUT2D eigenvalue weighted by Gasteiger charge is -2.32. The first-order chi connectivity index (χ1) is 16.2. The number of benzene rings is 2. The molecule has 2 aromatic carbocycles. The van der Waals surface area contributed by atoms with Crippen LogP contribution in [-0.4, -0.2) is 35.4 Å². The highest BCUT2D eigenvalue weighted by molar-refractivity contribution is 5.94. The van der Waals surface area contributed by atoms with E-state index < -0.39 is 0 Å². The number of aryl methyl sites for hydroxylation is 1. The third-order valence-electron chi connectivity index (χ3n) is 7.06. The molecule has 0 saturated carbocycles. The number of nitrogens with zero attached hydrogens (tertiary/aromatic N) is 1. The van der Waals surface area contributed by atoms with Crippen molar-refractivity contribution >= 4 is 22.5 Å². The number of hydrogen-bond acceptors (Lipinski definition) is 2. The number of anilines is 1. The molecule has 1 aromatic heterocycles. The van der Waals surface area contributed by atoms with E-state index in [-0.39, 0.29) is 5.91 Å². The van der Waals surface area contributed by atoms with E-state index in [1.807, 2.05) is 12.1 Å². The summed E-state index contributed by atoms with van der Waals surface area (Å²) in [4.78, 5) is 18.6. The van der Waals surface area contributed by atoms with Gasteiger partial charge >= 0.3 is 0 Å². The second kappa shape index (κ2) is 12.0. The third-order valence-corrected chi connectivity index (χ3v) is 7.06. The van der Waals surface area contributed by atoms with Crippen LogP contribution in [0, 0.1) is 0 Å². The summed E-state index contributed by atoms with van der Waals surface area (Å²) in [5.41, 5.74) is 4.83. The fraction of sp³-hybridized carbons (Fsp3) is 0.483. The molecule has 1 amide bonds. The predicted molar refractivity (Wildman–Crippen MR) is 139 cm³/mol. The van der Waals surface area contributed by atoms with Gasteiger partial charge in [-0.3, -0.25) is 4.79 Å². The van der Waals surface area contributed by atoms with Gasteiger partial charge < -0.3 is 15.2 Å². The number of likely N-dealkylation sites (tertiary alicyclic amines) is 1. The number of rotatable bonds is 11. The average molecular weight is 446 g/mol. The van der Waals surface area contributed by atoms with Crippen molar-refractivity contribution in [2.45, 2.75) is 70.6 Å². The number of aromatic nitrogens is 1. The lowest BCUT2D eigenvalue weighted by atomic mass is 9.89. The normalized spacial score (nSPS) is 15.2. The van der Waals surface area contributed by atoms with Crippen LogP contribution in [-0.2, 0) is 11.2 Å². The van der Waals surface area contributed by atoms with Gasteiger partial charge in [0.25, 0.3) is 0 Å². The molecule has 4 nitrogen and oxygen atoms in total. The summed E-state index contributed by atoms with van der Waals surface area (Å²) in [6.07, 6.45) is 12.1. The van der Waals surface area contributed by atoms with Crippen molar-refractivity contribution in [3.8, 4) is 0 Å². The van der Waals surface area contributed by atoms with E-state index in [2.05, 4.69) is 64.7 Å². The zero-order valence-corrected chi connectivity index (χ0v) is 20.1. The van der Waals surface area contributed by atoms with Crippen molar-refractivity contribution in [3.05, 3.63) is 65.9 Å². The maximum atomic E-state index is 12.5. The van der Waals surface area contributed by atoms with Crippen LogP contribution in [0.3, 0.4) is 0 Å². The van der Waals surface area contributed by atoms with Crippen molar-refractivity contribution in [1.29, 1.82) is 0 Å². The minimum absolute atomic E-state index is 0.111. The summed E-state index contributed by atoms with van der Waals surface area (Å²) in [6.45, 7) is 5.91. The molecule has 1 saturated heterocycles. The SMILES string of the molecule is CCCCCN1CCC(c2c[nH]c3ccc(NC(=O)CCCCc4ccccc4)cc23)CC1. The molecule has 2 heterocycles. The minimum atomic E-state index is 0.111. The Balaban J connectivity index is 1.28. The Bertz CT molecular complexity index is 1000. The van der Waals surface area contributed by atoms with Gasteiger partial charge in [0.05, 0.1) is 0 Å². The summed E-state index contributed by atoms with van der Waals surface area (Å²) < 4.78 is 0. The maximum Gasteiger partial charge on any atom is 0.224 e. The Morgan fingerprint density at radius 1 is 1.03 bits per heavy atom. The summed E-state index contributed by atoms with van der Waals surface area (Å²) >= 11 is 0. The minimum Gasteiger partial charge on any atom is -0.361 e. The van der Waals surface area contributed by atoms with Gasteiger partial charge in [-0.05, 0) is 93.4 Å². The molecule has 0 bridgehead atoms. The topological polar surface area (TPSA) is 48.1 Å². The first-order valence-electron chi connectivity index (χ1n) is 12.9. The molecule has 0 radical (unpaired) electrons. The highest BCUT2D eigenvalue weighted by Crippen LogP contribution is 2.34. The fourth-order valence-electron chi connectivity index (χ4n) is 5.09. The first-order valence-corrected chi connectivity index (χ1v) is 12.9. The Morgan fingerprint density at radius 2 is 1.85 bits per heavy atom. The molecule has 0 atom stereocenters. The molecule has 3 aromatic rings. The quantitative estimate of drug-likeness (QED) is 0.316. The van der Waals surface area contributed by atoms with Crippen LogP contribution < -0.4 is 5.32 Å². The average Bonchev–Trinajstić information content (AvgIpc) is 3.26. The number of aromatic amines is 1. The molecule has 0 unspecified atom stereocenters. The second-order valence-electron chi connectivity index (χ2n) is 9.57. The standard InChI is InChI=1S/C29H39N3O/c1-2-3-9-18-32-19-16-24(17-20-32)27-22-30-28-15-14-25(21-26(27)28)31-29(33)13-8-7-12-23-10-5-4-6-11-23/h4-6,10-11,14-15,21-22,24,30H,2-3,7-9,12-13,16-20H2,1H3,(H,31,33). The van der Waals surface area contributed by atoms with E-state index in [9.17, 15) is 4.79 Å². The molecule has 1 fully saturated rings. The van der Waals surface area contributed by atoms with Gasteiger partial charge in [-0.1, -0.05) is 50.1 Å². The number of amides is 1. The predicted octanol–water partition coefficient (Wildman–Crippen LogP) is 6.89. The van der Waals surface area contributed by atoms with E-state index in [4.69, 9.17) is 0 Å². The highest BCUT2D eigenvalue weighted by Gasteiger charge is 2.22. The molecule has 1 aliphatic rings. The van der Waals surface area contributed by atoms with Crippen molar-refractivity contribution < 1.29 is 4.79 Å². The first kappa shape index (κ1) is 23.6. The number of hydrogen-bond donors (Lipinski definition) is 2. The lowest BCUT2D eigenvalue weighted by molar-refractivity contribution is -0.116. The number of H-pyrrole nitrogens is 1. The van der Waals surface area contributed by atoms with Gasteiger partial charge in [0, 0.05) is 29.2 Å². The summed E-state index contributed by atoms with van der Waals surface area (Å²) in [6, 6.07) is 16.8. The molecule has 4 rings (SSSR count). The number of nitrogens with one attached hydrogen (secondary N) is 2. The monoisotopic (exact) mass is 445 g/mol. The van der Waals surface area contributed by atoms with Crippen molar-refractivity contribution in [3.63, 3.8) is 0 Å². The smallest absolute Gasteiger partial charge is 0.224 e. The zero-order chi connectivity index (χ0) is 22.9. The van der Waals surface area contributed by atoms with Crippen molar-refractivity contribution in [2.24, 2.45) is 0 Å². The van der Waals surface area contributed by atoms with Crippen LogP contribution in [0.1, 0.15) is 75.3 Å². The number of carbonyl (C=O) groups excluding carboxylic acids is 1. The van der Waals surface area contributed by atoms with Crippen LogP contribution in [0.5, 0.6) is 0 Å². The van der Waals surface area contributed by atoms with E-state index in [1.54, 1.807) is 0 Å². The molecule has 0 aliphatic carbocycles. The fourth-order valence-corrected chi connectivity index (χ4v) is 5.09. The summed E-state index contributed by atoms with van der Waals surface area (Å²) in [5, 5.41) is 4.39. The number of fused-ring (bicyclic) bond motifs is 1. The molecule has 33 heavy (non-hydrogen) atoms. The third kappa shape index (κ3) is 6.70. The van der Waals surface area contributed by atoms with Crippen LogP contribution in [0.25, 0.3) is 10.9 Å². The molecule has 0 spiro atoms. The van der Waals surface area contributed by atoms with Crippen LogP contribution >= 0.6 is 0 Å². The van der Waals surface area contributed by atoms with Gasteiger partial charge in [-0.15, -0.1) is 0 Å². The molecule has 1 aliphatic heterocycles. The zero-order valence-electron chi connectivity index (χ0n) is 20.1. The van der Waals surface area contributed by atoms with E-state index >= 15 is 0 Å². The largest absolute Gasteiger partial charge is 0.361 e. The number of carbonyl (C=O) groups is 1. The van der Waals surface area contributed by atoms with Gasteiger partial charge in [0.1, 0.15) is 0 Å². The lowest BCUT2D eigenvalue weighted by Crippen LogP contribution is -2.33. The summed E-state index contributed by atoms with van der Waals surface area (Å²) in [7, 11) is 0. The van der Waals surface area contributed by atoms with Gasteiger partial charge in [0.15, 0.2) is 0 Å². The molecule has 2 N–H and O–H groups in total. The van der Waals surface area contributed by atoms with Crippen molar-refractivity contribution in [1.82, 2.24) is 9.88 Å². The summed E-state index contributed by atoms with van der Waals surface area (Å²) in [5.74, 6) is 0.713. The molecular weight excluding hydrogens is 406 g/mol. The van der Waals surface area contributed by atoms with Gasteiger partial charge in [-0.25, -0.2) is 0 Å². The maximum absolute atomic E-state index is 12.5. The Labute approximate surface area is 198 Å². The Kier molecular flexibility index (Phi) is 8.59. The Hall–Kier alpha value is -2.59. The van der Waals surface area contributed by atoms with Crippen LogP contribution in [0.15, 0.2) is 54.7 Å². The molecular formula is C29H39N3O. The van der Waals surface area contributed by atoms with Crippen LogP contribution in [0.4, 0.5) is 5.69 Å². The van der Waals surface area contributed by atoms with E-state index in [0.29, 0.717) is 12.3 Å². The van der Waals surface area contributed by atoms with Gasteiger partial charge in [0.2, 0.25) is 5.91 Å². The second-order valence-corrected chi connectivity index (χ2v) is 9.57. The number of unbranched alkanes of at least 4 members (excludes halogenated alkanes) is 3. The van der Waals surface area contributed by atoms with Gasteiger partial charge in [-0.2, -0.15) is 0 Å². The Morgan fingerprint density at radius 3 is 2.64 bits per heavy atom. The van der Waals surface area contributed by atoms with E-state index in [1.165, 1.54) is 68.3 Å². The van der Waals surface area contributed by atoms with E-state index in [0.717, 1.165) is 30.5 Å². The van der Waals surface area contributed by atoms with Crippen LogP contribution in [0.2, 0.25) is 0 Å². The highest BCUT2D eigenvalue weighted by atomic mass is 16.1. The molecule has 4 heteroatoms.